The number of rotatable bonds is 3. The average molecular weight is 391 g/mol. The van der Waals surface area contributed by atoms with E-state index < -0.39 is 5.63 Å². The molecular formula is C21H19N4O4+. The Morgan fingerprint density at radius 1 is 1.10 bits per heavy atom. The molecule has 3 aliphatic heterocycles. The van der Waals surface area contributed by atoms with Crippen molar-refractivity contribution in [1.82, 2.24) is 10.2 Å². The topological polar surface area (TPSA) is 83.7 Å². The summed E-state index contributed by atoms with van der Waals surface area (Å²) in [7, 11) is 0. The van der Waals surface area contributed by atoms with Gasteiger partial charge in [0.25, 0.3) is 0 Å². The van der Waals surface area contributed by atoms with Crippen molar-refractivity contribution in [3.63, 3.8) is 0 Å². The van der Waals surface area contributed by atoms with Gasteiger partial charge in [0.1, 0.15) is 5.71 Å². The van der Waals surface area contributed by atoms with E-state index in [1.165, 1.54) is 0 Å². The zero-order chi connectivity index (χ0) is 19.5. The predicted molar refractivity (Wildman–Crippen MR) is 103 cm³/mol. The molecule has 0 radical (unpaired) electrons. The van der Waals surface area contributed by atoms with Crippen molar-refractivity contribution in [3.05, 3.63) is 69.7 Å². The number of fused-ring (bicyclic) bond motifs is 2. The Hall–Kier alpha value is -3.39. The van der Waals surface area contributed by atoms with Gasteiger partial charge in [-0.15, -0.1) is 0 Å². The second kappa shape index (κ2) is 6.05. The summed E-state index contributed by atoms with van der Waals surface area (Å²) in [5, 5.41) is 2.73. The van der Waals surface area contributed by atoms with Crippen LogP contribution in [0.1, 0.15) is 22.9 Å². The lowest BCUT2D eigenvalue weighted by molar-refractivity contribution is -0.671. The molecule has 3 atom stereocenters. The summed E-state index contributed by atoms with van der Waals surface area (Å²) in [5.41, 5.74) is 3.91. The van der Waals surface area contributed by atoms with Gasteiger partial charge in [0, 0.05) is 18.7 Å². The van der Waals surface area contributed by atoms with Crippen LogP contribution < -0.4 is 19.8 Å². The van der Waals surface area contributed by atoms with Crippen LogP contribution in [-0.2, 0) is 0 Å². The zero-order valence-electron chi connectivity index (χ0n) is 15.8. The van der Waals surface area contributed by atoms with Gasteiger partial charge < -0.3 is 9.47 Å². The fourth-order valence-electron chi connectivity index (χ4n) is 4.29. The third-order valence-electron chi connectivity index (χ3n) is 5.76. The molecule has 146 valence electrons. The van der Waals surface area contributed by atoms with Crippen LogP contribution >= 0.6 is 0 Å². The number of H-pyrrole nitrogens is 1. The third kappa shape index (κ3) is 2.52. The van der Waals surface area contributed by atoms with Gasteiger partial charge in [-0.1, -0.05) is 23.8 Å². The monoisotopic (exact) mass is 391 g/mol. The van der Waals surface area contributed by atoms with Gasteiger partial charge in [0.05, 0.1) is 18.6 Å². The highest BCUT2D eigenvalue weighted by Crippen LogP contribution is 2.48. The minimum absolute atomic E-state index is 0.0412. The molecule has 0 amide bonds. The lowest BCUT2D eigenvalue weighted by Gasteiger charge is -2.07. The Morgan fingerprint density at radius 3 is 2.79 bits per heavy atom. The smallest absolute Gasteiger partial charge is 0.437 e. The number of nitrogens with one attached hydrogen (secondary N) is 1. The molecule has 8 nitrogen and oxygen atoms in total. The largest absolute Gasteiger partial charge is 0.454 e. The Labute approximate surface area is 165 Å². The third-order valence-corrected chi connectivity index (χ3v) is 5.76. The van der Waals surface area contributed by atoms with E-state index in [1.807, 2.05) is 43.3 Å². The first kappa shape index (κ1) is 16.6. The van der Waals surface area contributed by atoms with Crippen LogP contribution in [-0.4, -0.2) is 41.8 Å². The van der Waals surface area contributed by atoms with Gasteiger partial charge in [-0.2, -0.15) is 0 Å². The van der Waals surface area contributed by atoms with Gasteiger partial charge in [-0.25, -0.2) is 4.79 Å². The molecule has 29 heavy (non-hydrogen) atoms. The fraction of sp³-hybridized carbons (Fsp3) is 0.286. The number of benzene rings is 2. The number of aryl methyl sites for hydroxylation is 1. The summed E-state index contributed by atoms with van der Waals surface area (Å²) < 4.78 is 17.8. The summed E-state index contributed by atoms with van der Waals surface area (Å²) in [6, 6.07) is 14.1. The summed E-state index contributed by atoms with van der Waals surface area (Å²) >= 11 is 0. The van der Waals surface area contributed by atoms with E-state index in [-0.39, 0.29) is 18.9 Å². The van der Waals surface area contributed by atoms with Crippen LogP contribution in [0.5, 0.6) is 11.5 Å². The lowest BCUT2D eigenvalue weighted by atomic mass is 10.0. The van der Waals surface area contributed by atoms with E-state index in [0.717, 1.165) is 40.6 Å². The van der Waals surface area contributed by atoms with Crippen LogP contribution in [0.15, 0.2) is 56.8 Å². The summed E-state index contributed by atoms with van der Waals surface area (Å²) in [6.45, 7) is 3.78. The molecular weight excluding hydrogens is 372 g/mol. The highest BCUT2D eigenvalue weighted by Gasteiger charge is 2.56. The Bertz CT molecular complexity index is 1190. The minimum Gasteiger partial charge on any atom is -0.454 e. The maximum Gasteiger partial charge on any atom is 0.437 e. The van der Waals surface area contributed by atoms with Crippen molar-refractivity contribution in [3.8, 4) is 17.2 Å². The van der Waals surface area contributed by atoms with Crippen molar-refractivity contribution in [2.45, 2.75) is 19.0 Å². The number of aliphatic imine (C=N–C) groups is 1. The maximum absolute atomic E-state index is 12.6. The molecule has 0 aliphatic carbocycles. The molecule has 1 aromatic heterocycles. The molecule has 0 saturated carbocycles. The lowest BCUT2D eigenvalue weighted by Crippen LogP contribution is -2.44. The second-order valence-electron chi connectivity index (χ2n) is 7.51. The van der Waals surface area contributed by atoms with Gasteiger partial charge in [-0.05, 0) is 34.6 Å². The molecule has 3 unspecified atom stereocenters. The molecule has 8 heteroatoms. The number of nitrogens with zero attached hydrogens (tertiary/aromatic N) is 3. The molecule has 1 N–H and O–H groups in total. The first-order valence-electron chi connectivity index (χ1n) is 9.61. The van der Waals surface area contributed by atoms with E-state index in [1.54, 1.807) is 4.68 Å². The van der Waals surface area contributed by atoms with E-state index in [2.05, 4.69) is 16.2 Å². The van der Waals surface area contributed by atoms with E-state index in [9.17, 15) is 4.79 Å². The van der Waals surface area contributed by atoms with Crippen molar-refractivity contribution < 1.29 is 18.7 Å². The molecule has 0 spiro atoms. The molecule has 4 heterocycles. The Morgan fingerprint density at radius 2 is 1.93 bits per heavy atom. The molecule has 2 aromatic carbocycles. The maximum atomic E-state index is 12.6. The normalized spacial score (nSPS) is 24.2. The zero-order valence-corrected chi connectivity index (χ0v) is 15.8. The van der Waals surface area contributed by atoms with E-state index in [4.69, 9.17) is 19.0 Å². The summed E-state index contributed by atoms with van der Waals surface area (Å²) in [6.07, 6.45) is 0. The molecule has 3 aromatic rings. The summed E-state index contributed by atoms with van der Waals surface area (Å²) in [5.74, 6) is 1.53. The predicted octanol–water partition coefficient (Wildman–Crippen LogP) is 1.51. The molecule has 1 saturated heterocycles. The van der Waals surface area contributed by atoms with Gasteiger partial charge >= 0.3 is 11.3 Å². The standard InChI is InChI=1S/C21H18N4O4/c1-12-2-5-14(6-3-12)25-20(21(26)29-23-25)17-19-18(24(19)9-8-22-17)13-4-7-15-16(10-13)28-11-27-15/h2-7,10,18-19H,8-9,11H2,1H3/p+1. The van der Waals surface area contributed by atoms with Crippen molar-refractivity contribution in [2.75, 3.05) is 19.9 Å². The average Bonchev–Trinajstić information content (AvgIpc) is 3.08. The number of aromatic amines is 1. The van der Waals surface area contributed by atoms with Crippen LogP contribution in [0.4, 0.5) is 0 Å². The van der Waals surface area contributed by atoms with Gasteiger partial charge in [-0.3, -0.25) is 14.4 Å². The number of hydrogen-bond acceptors (Lipinski definition) is 6. The van der Waals surface area contributed by atoms with Gasteiger partial charge in [0.15, 0.2) is 11.5 Å². The van der Waals surface area contributed by atoms with Gasteiger partial charge in [0.2, 0.25) is 12.5 Å². The highest BCUT2D eigenvalue weighted by molar-refractivity contribution is 6.04. The quantitative estimate of drug-likeness (QED) is 0.541. The first-order chi connectivity index (χ1) is 14.2. The molecule has 3 aliphatic rings. The Kier molecular flexibility index (Phi) is 3.45. The summed E-state index contributed by atoms with van der Waals surface area (Å²) in [4.78, 5) is 19.7. The first-order valence-corrected chi connectivity index (χ1v) is 9.61. The number of aromatic nitrogens is 2. The van der Waals surface area contributed by atoms with E-state index >= 15 is 0 Å². The molecule has 1 fully saturated rings. The fourth-order valence-corrected chi connectivity index (χ4v) is 4.29. The van der Waals surface area contributed by atoms with Crippen molar-refractivity contribution in [2.24, 2.45) is 4.99 Å². The number of hydrogen-bond donors (Lipinski definition) is 1. The highest BCUT2D eigenvalue weighted by atomic mass is 16.7. The SMILES string of the molecule is Cc1ccc(-[n+]2[nH]oc(=O)c2C2=NCCN3C2C3c2ccc3c(c2)OCO3)cc1. The van der Waals surface area contributed by atoms with Crippen LogP contribution in [0.3, 0.4) is 0 Å². The second-order valence-corrected chi connectivity index (χ2v) is 7.51. The van der Waals surface area contributed by atoms with E-state index in [0.29, 0.717) is 12.2 Å². The minimum atomic E-state index is -0.414. The van der Waals surface area contributed by atoms with Crippen LogP contribution in [0.25, 0.3) is 5.69 Å². The molecule has 6 rings (SSSR count). The van der Waals surface area contributed by atoms with Crippen molar-refractivity contribution >= 4 is 5.71 Å². The van der Waals surface area contributed by atoms with Crippen molar-refractivity contribution in [1.29, 1.82) is 0 Å². The Balaban J connectivity index is 1.38. The molecule has 0 bridgehead atoms. The number of ether oxygens (including phenoxy) is 2. The van der Waals surface area contributed by atoms with Crippen LogP contribution in [0, 0.1) is 6.92 Å². The van der Waals surface area contributed by atoms with Crippen LogP contribution in [0.2, 0.25) is 0 Å².